The number of ether oxygens (including phenoxy) is 2. The Hall–Kier alpha value is -1.92. The highest BCUT2D eigenvalue weighted by Crippen LogP contribution is 2.42. The number of hydrogen-bond acceptors (Lipinski definition) is 8. The lowest BCUT2D eigenvalue weighted by atomic mass is 9.91. The Balaban J connectivity index is 2.37. The van der Waals surface area contributed by atoms with Crippen LogP contribution in [0.1, 0.15) is 25.0 Å². The van der Waals surface area contributed by atoms with Crippen LogP contribution in [0.4, 0.5) is 0 Å². The minimum absolute atomic E-state index is 0.220. The van der Waals surface area contributed by atoms with Crippen molar-refractivity contribution in [3.63, 3.8) is 0 Å². The molecule has 0 amide bonds. The molecule has 0 aliphatic rings. The van der Waals surface area contributed by atoms with Crippen molar-refractivity contribution in [1.82, 2.24) is 0 Å². The smallest absolute Gasteiger partial charge is 0.496 e. The molecule has 8 nitrogen and oxygen atoms in total. The third kappa shape index (κ3) is 7.59. The van der Waals surface area contributed by atoms with Gasteiger partial charge in [0.25, 0.3) is 0 Å². The van der Waals surface area contributed by atoms with E-state index < -0.39 is 16.5 Å². The second-order valence-corrected chi connectivity index (χ2v) is 8.37. The predicted molar refractivity (Wildman–Crippen MR) is 123 cm³/mol. The third-order valence-corrected chi connectivity index (χ3v) is 6.24. The zero-order chi connectivity index (χ0) is 23.3. The summed E-state index contributed by atoms with van der Waals surface area (Å²) in [6.07, 6.45) is 0.982. The second-order valence-electron chi connectivity index (χ2n) is 6.44. The van der Waals surface area contributed by atoms with Crippen molar-refractivity contribution in [3.8, 4) is 22.6 Å². The lowest BCUT2D eigenvalue weighted by Gasteiger charge is -2.19. The van der Waals surface area contributed by atoms with Gasteiger partial charge in [0.2, 0.25) is 0 Å². The van der Waals surface area contributed by atoms with E-state index in [-0.39, 0.29) is 13.2 Å². The van der Waals surface area contributed by atoms with Crippen LogP contribution >= 0.6 is 16.5 Å². The second kappa shape index (κ2) is 14.3. The molecule has 32 heavy (non-hydrogen) atoms. The van der Waals surface area contributed by atoms with E-state index in [4.69, 9.17) is 27.6 Å². The summed E-state index contributed by atoms with van der Waals surface area (Å²) in [6.45, 7) is 4.60. The summed E-state index contributed by atoms with van der Waals surface area (Å²) in [5.41, 5.74) is 3.59. The largest absolute Gasteiger partial charge is 0.697 e. The molecule has 0 aromatic heterocycles. The highest BCUT2D eigenvalue weighted by Gasteiger charge is 2.23. The molecule has 2 rings (SSSR count). The van der Waals surface area contributed by atoms with E-state index in [1.165, 1.54) is 0 Å². The molecule has 2 aromatic rings. The summed E-state index contributed by atoms with van der Waals surface area (Å²) >= 11 is 0. The molecule has 2 atom stereocenters. The van der Waals surface area contributed by atoms with E-state index in [0.717, 1.165) is 22.3 Å². The standard InChI is InChI=1S/C22H30O8P2/c1-5-27-31(23)29-15-13-17-9-7-11-19(25-3)21(17)22-18(10-8-12-20(22)26-4)14-16-30-32(24)28-6-2/h7-12H,5-6,13-16H2,1-4H3/q+2. The Morgan fingerprint density at radius 1 is 0.656 bits per heavy atom. The molecular formula is C22H30O8P2+2. The molecule has 0 aliphatic heterocycles. The lowest BCUT2D eigenvalue weighted by molar-refractivity contribution is 0.235. The first-order valence-electron chi connectivity index (χ1n) is 10.3. The minimum atomic E-state index is -2.15. The highest BCUT2D eigenvalue weighted by molar-refractivity contribution is 7.33. The maximum Gasteiger partial charge on any atom is 0.697 e. The van der Waals surface area contributed by atoms with E-state index >= 15 is 0 Å². The van der Waals surface area contributed by atoms with Crippen LogP contribution in [0.25, 0.3) is 11.1 Å². The normalized spacial score (nSPS) is 11.9. The SMILES string of the molecule is CCO[P+](=O)OCCc1cccc(OC)c1-c1c(CCO[P+](=O)OCC)cccc1OC. The molecule has 0 radical (unpaired) electrons. The first kappa shape index (κ1) is 26.3. The first-order valence-corrected chi connectivity index (χ1v) is 12.5. The van der Waals surface area contributed by atoms with Gasteiger partial charge in [-0.2, -0.15) is 0 Å². The molecule has 0 saturated heterocycles. The Morgan fingerprint density at radius 3 is 1.41 bits per heavy atom. The van der Waals surface area contributed by atoms with Crippen molar-refractivity contribution < 1.29 is 36.7 Å². The number of methoxy groups -OCH3 is 2. The quantitative estimate of drug-likeness (QED) is 0.290. The molecule has 0 bridgehead atoms. The fourth-order valence-electron chi connectivity index (χ4n) is 3.22. The fraction of sp³-hybridized carbons (Fsp3) is 0.455. The van der Waals surface area contributed by atoms with Crippen molar-refractivity contribution in [1.29, 1.82) is 0 Å². The molecule has 2 aromatic carbocycles. The van der Waals surface area contributed by atoms with Gasteiger partial charge in [-0.25, -0.2) is 0 Å². The first-order chi connectivity index (χ1) is 15.5. The van der Waals surface area contributed by atoms with Crippen LogP contribution in [0.15, 0.2) is 36.4 Å². The molecule has 0 saturated carbocycles. The van der Waals surface area contributed by atoms with E-state index in [1.54, 1.807) is 28.1 Å². The van der Waals surface area contributed by atoms with Crippen LogP contribution in [-0.2, 0) is 40.1 Å². The molecule has 10 heteroatoms. The predicted octanol–water partition coefficient (Wildman–Crippen LogP) is 5.88. The van der Waals surface area contributed by atoms with Crippen molar-refractivity contribution in [2.24, 2.45) is 0 Å². The average Bonchev–Trinajstić information content (AvgIpc) is 2.79. The van der Waals surface area contributed by atoms with Gasteiger partial charge in [0.1, 0.15) is 37.9 Å². The van der Waals surface area contributed by atoms with Crippen molar-refractivity contribution in [2.75, 3.05) is 40.6 Å². The van der Waals surface area contributed by atoms with Crippen molar-refractivity contribution in [3.05, 3.63) is 47.5 Å². The van der Waals surface area contributed by atoms with E-state index in [1.807, 2.05) is 36.4 Å². The van der Waals surface area contributed by atoms with Gasteiger partial charge in [-0.1, -0.05) is 24.3 Å². The zero-order valence-corrected chi connectivity index (χ0v) is 20.7. The lowest BCUT2D eigenvalue weighted by Crippen LogP contribution is -2.04. The van der Waals surface area contributed by atoms with Crippen LogP contribution in [-0.4, -0.2) is 40.6 Å². The number of benzene rings is 2. The van der Waals surface area contributed by atoms with Crippen molar-refractivity contribution >= 4 is 16.5 Å². The van der Waals surface area contributed by atoms with Crippen LogP contribution in [0.5, 0.6) is 11.5 Å². The third-order valence-electron chi connectivity index (χ3n) is 4.52. The Labute approximate surface area is 191 Å². The summed E-state index contributed by atoms with van der Waals surface area (Å²) in [6, 6.07) is 11.5. The summed E-state index contributed by atoms with van der Waals surface area (Å²) in [5, 5.41) is 0. The minimum Gasteiger partial charge on any atom is -0.496 e. The Kier molecular flexibility index (Phi) is 11.7. The van der Waals surface area contributed by atoms with Crippen LogP contribution < -0.4 is 9.47 Å². The van der Waals surface area contributed by atoms with Gasteiger partial charge < -0.3 is 9.47 Å². The number of rotatable bonds is 15. The molecule has 0 fully saturated rings. The Morgan fingerprint density at radius 2 is 1.06 bits per heavy atom. The highest BCUT2D eigenvalue weighted by atomic mass is 31.1. The van der Waals surface area contributed by atoms with Gasteiger partial charge >= 0.3 is 16.5 Å². The van der Waals surface area contributed by atoms with Crippen LogP contribution in [0, 0.1) is 0 Å². The molecular weight excluding hydrogens is 454 g/mol. The van der Waals surface area contributed by atoms with Gasteiger partial charge in [0.05, 0.1) is 14.2 Å². The monoisotopic (exact) mass is 484 g/mol. The summed E-state index contributed by atoms with van der Waals surface area (Å²) in [4.78, 5) is 0. The molecule has 2 unspecified atom stereocenters. The maximum atomic E-state index is 11.7. The van der Waals surface area contributed by atoms with E-state index in [2.05, 4.69) is 0 Å². The molecule has 0 N–H and O–H groups in total. The summed E-state index contributed by atoms with van der Waals surface area (Å²) < 4.78 is 55.3. The average molecular weight is 484 g/mol. The van der Waals surface area contributed by atoms with Crippen LogP contribution in [0.2, 0.25) is 0 Å². The van der Waals surface area contributed by atoms with E-state index in [0.29, 0.717) is 37.6 Å². The van der Waals surface area contributed by atoms with Gasteiger partial charge in [-0.3, -0.25) is 0 Å². The number of hydrogen-bond donors (Lipinski definition) is 0. The molecule has 0 spiro atoms. The maximum absolute atomic E-state index is 11.7. The van der Waals surface area contributed by atoms with Crippen molar-refractivity contribution in [2.45, 2.75) is 26.7 Å². The zero-order valence-electron chi connectivity index (χ0n) is 18.9. The molecule has 0 heterocycles. The van der Waals surface area contributed by atoms with Crippen LogP contribution in [0.3, 0.4) is 0 Å². The van der Waals surface area contributed by atoms with Gasteiger partial charge in [0.15, 0.2) is 0 Å². The van der Waals surface area contributed by atoms with Gasteiger partial charge in [0, 0.05) is 33.1 Å². The van der Waals surface area contributed by atoms with E-state index in [9.17, 15) is 9.13 Å². The summed E-state index contributed by atoms with van der Waals surface area (Å²) in [5.74, 6) is 1.34. The molecule has 174 valence electrons. The fourth-order valence-corrected chi connectivity index (χ4v) is 4.27. The Bertz CT molecular complexity index is 830. The topological polar surface area (TPSA) is 89.5 Å². The van der Waals surface area contributed by atoms with Gasteiger partial charge in [-0.05, 0) is 37.1 Å². The summed E-state index contributed by atoms with van der Waals surface area (Å²) in [7, 11) is -1.08. The molecule has 0 aliphatic carbocycles. The van der Waals surface area contributed by atoms with Gasteiger partial charge in [-0.15, -0.1) is 18.1 Å².